The van der Waals surface area contributed by atoms with E-state index in [9.17, 15) is 10.1 Å². The molecule has 1 aromatic heterocycles. The van der Waals surface area contributed by atoms with Crippen molar-refractivity contribution in [2.75, 3.05) is 7.11 Å². The fourth-order valence-electron chi connectivity index (χ4n) is 1.57. The first-order valence-corrected chi connectivity index (χ1v) is 5.96. The summed E-state index contributed by atoms with van der Waals surface area (Å²) in [5.74, 6) is -0.0231. The van der Waals surface area contributed by atoms with Crippen LogP contribution in [-0.4, -0.2) is 21.8 Å². The second-order valence-corrected chi connectivity index (χ2v) is 4.54. The molecule has 100 valence electrons. The van der Waals surface area contributed by atoms with Gasteiger partial charge in [0.05, 0.1) is 28.6 Å². The lowest BCUT2D eigenvalue weighted by molar-refractivity contribution is -0.385. The molecule has 0 aliphatic carbocycles. The first-order chi connectivity index (χ1) is 9.01. The molecule has 0 N–H and O–H groups in total. The largest absolute Gasteiger partial charge is 0.475 e. The van der Waals surface area contributed by atoms with Gasteiger partial charge in [0.25, 0.3) is 0 Å². The Morgan fingerprint density at radius 3 is 2.68 bits per heavy atom. The van der Waals surface area contributed by atoms with Gasteiger partial charge in [0.2, 0.25) is 0 Å². The molecular formula is C11H9Cl2N3O3. The summed E-state index contributed by atoms with van der Waals surface area (Å²) in [6, 6.07) is 5.12. The van der Waals surface area contributed by atoms with E-state index < -0.39 is 4.92 Å². The number of aromatic nitrogens is 2. The monoisotopic (exact) mass is 301 g/mol. The lowest BCUT2D eigenvalue weighted by atomic mass is 10.2. The van der Waals surface area contributed by atoms with Crippen LogP contribution in [0.4, 0.5) is 5.69 Å². The molecule has 0 aliphatic heterocycles. The fraction of sp³-hybridized carbons (Fsp3) is 0.182. The molecule has 1 heterocycles. The number of rotatable bonds is 4. The first kappa shape index (κ1) is 13.6. The van der Waals surface area contributed by atoms with Crippen molar-refractivity contribution in [3.8, 4) is 5.88 Å². The third kappa shape index (κ3) is 2.97. The summed E-state index contributed by atoms with van der Waals surface area (Å²) < 4.78 is 6.26. The molecule has 0 bridgehead atoms. The summed E-state index contributed by atoms with van der Waals surface area (Å²) in [6.07, 6.45) is 1.31. The molecule has 19 heavy (non-hydrogen) atoms. The van der Waals surface area contributed by atoms with E-state index in [0.717, 1.165) is 5.56 Å². The van der Waals surface area contributed by atoms with Crippen molar-refractivity contribution >= 4 is 28.9 Å². The molecule has 0 amide bonds. The Hall–Kier alpha value is -1.79. The smallest absolute Gasteiger partial charge is 0.350 e. The minimum atomic E-state index is -0.544. The zero-order valence-corrected chi connectivity index (χ0v) is 11.4. The quantitative estimate of drug-likeness (QED) is 0.642. The average Bonchev–Trinajstić information content (AvgIpc) is 2.77. The van der Waals surface area contributed by atoms with E-state index >= 15 is 0 Å². The molecule has 1 aromatic carbocycles. The van der Waals surface area contributed by atoms with Crippen LogP contribution in [-0.2, 0) is 6.54 Å². The molecule has 2 rings (SSSR count). The Kier molecular flexibility index (Phi) is 3.92. The molecule has 8 heteroatoms. The highest BCUT2D eigenvalue weighted by Gasteiger charge is 2.20. The Balaban J connectivity index is 2.28. The molecule has 0 spiro atoms. The van der Waals surface area contributed by atoms with Gasteiger partial charge in [-0.1, -0.05) is 29.3 Å². The summed E-state index contributed by atoms with van der Waals surface area (Å²) in [7, 11) is 1.33. The summed E-state index contributed by atoms with van der Waals surface area (Å²) in [5.41, 5.74) is 0.650. The topological polar surface area (TPSA) is 70.2 Å². The molecular weight excluding hydrogens is 293 g/mol. The zero-order chi connectivity index (χ0) is 14.0. The maximum Gasteiger partial charge on any atom is 0.350 e. The zero-order valence-electron chi connectivity index (χ0n) is 9.84. The lowest BCUT2D eigenvalue weighted by Gasteiger charge is -2.03. The number of nitrogens with zero attached hydrogens (tertiary/aromatic N) is 3. The molecule has 2 aromatic rings. The number of methoxy groups -OCH3 is 1. The van der Waals surface area contributed by atoms with Crippen LogP contribution in [0.5, 0.6) is 5.88 Å². The van der Waals surface area contributed by atoms with Gasteiger partial charge in [-0.05, 0) is 17.7 Å². The van der Waals surface area contributed by atoms with Gasteiger partial charge in [0.1, 0.15) is 6.20 Å². The van der Waals surface area contributed by atoms with Crippen molar-refractivity contribution in [2.45, 2.75) is 6.54 Å². The van der Waals surface area contributed by atoms with Crippen LogP contribution < -0.4 is 4.74 Å². The van der Waals surface area contributed by atoms with Crippen LogP contribution in [0.2, 0.25) is 10.0 Å². The maximum absolute atomic E-state index is 10.8. The van der Waals surface area contributed by atoms with E-state index in [1.54, 1.807) is 18.2 Å². The molecule has 0 atom stereocenters. The molecule has 0 radical (unpaired) electrons. The summed E-state index contributed by atoms with van der Waals surface area (Å²) >= 11 is 11.7. The predicted molar refractivity (Wildman–Crippen MR) is 71.0 cm³/mol. The van der Waals surface area contributed by atoms with Crippen molar-refractivity contribution in [3.63, 3.8) is 0 Å². The Morgan fingerprint density at radius 1 is 1.42 bits per heavy atom. The second kappa shape index (κ2) is 5.46. The van der Waals surface area contributed by atoms with Gasteiger partial charge in [-0.3, -0.25) is 14.8 Å². The highest BCUT2D eigenvalue weighted by molar-refractivity contribution is 6.42. The number of benzene rings is 1. The van der Waals surface area contributed by atoms with Gasteiger partial charge in [0.15, 0.2) is 0 Å². The Morgan fingerprint density at radius 2 is 2.16 bits per heavy atom. The van der Waals surface area contributed by atoms with Crippen molar-refractivity contribution in [2.24, 2.45) is 0 Å². The molecule has 0 fully saturated rings. The van der Waals surface area contributed by atoms with Gasteiger partial charge in [-0.25, -0.2) is 0 Å². The number of halogens is 2. The maximum atomic E-state index is 10.8. The third-order valence-corrected chi connectivity index (χ3v) is 3.17. The van der Waals surface area contributed by atoms with Crippen molar-refractivity contribution in [1.29, 1.82) is 0 Å². The molecule has 0 saturated carbocycles. The molecule has 6 nitrogen and oxygen atoms in total. The van der Waals surface area contributed by atoms with Crippen LogP contribution in [0.15, 0.2) is 24.4 Å². The number of hydrogen-bond donors (Lipinski definition) is 0. The highest BCUT2D eigenvalue weighted by Crippen LogP contribution is 2.26. The summed E-state index contributed by atoms with van der Waals surface area (Å²) in [5, 5.41) is 15.6. The summed E-state index contributed by atoms with van der Waals surface area (Å²) in [4.78, 5) is 10.2. The van der Waals surface area contributed by atoms with Crippen LogP contribution in [0.25, 0.3) is 0 Å². The Bertz CT molecular complexity index is 628. The van der Waals surface area contributed by atoms with E-state index in [-0.39, 0.29) is 11.6 Å². The van der Waals surface area contributed by atoms with E-state index in [4.69, 9.17) is 27.9 Å². The normalized spacial score (nSPS) is 10.5. The van der Waals surface area contributed by atoms with Crippen LogP contribution in [0.3, 0.4) is 0 Å². The van der Waals surface area contributed by atoms with Gasteiger partial charge < -0.3 is 4.74 Å². The van der Waals surface area contributed by atoms with Gasteiger partial charge in [-0.15, -0.1) is 5.10 Å². The van der Waals surface area contributed by atoms with Crippen molar-refractivity contribution in [1.82, 2.24) is 9.78 Å². The molecule has 0 aliphatic rings. The van der Waals surface area contributed by atoms with Gasteiger partial charge in [0, 0.05) is 0 Å². The number of nitro groups is 1. The summed E-state index contributed by atoms with van der Waals surface area (Å²) in [6.45, 7) is 0.334. The van der Waals surface area contributed by atoms with E-state index in [1.807, 2.05) is 0 Å². The highest BCUT2D eigenvalue weighted by atomic mass is 35.5. The van der Waals surface area contributed by atoms with Crippen molar-refractivity contribution < 1.29 is 9.66 Å². The van der Waals surface area contributed by atoms with Gasteiger partial charge in [-0.2, -0.15) is 0 Å². The minimum Gasteiger partial charge on any atom is -0.475 e. The lowest BCUT2D eigenvalue weighted by Crippen LogP contribution is -2.00. The number of hydrogen-bond acceptors (Lipinski definition) is 4. The number of ether oxygens (including phenoxy) is 1. The van der Waals surface area contributed by atoms with E-state index in [2.05, 4.69) is 5.10 Å². The second-order valence-electron chi connectivity index (χ2n) is 3.73. The van der Waals surface area contributed by atoms with Gasteiger partial charge >= 0.3 is 11.6 Å². The third-order valence-electron chi connectivity index (χ3n) is 2.43. The molecule has 0 saturated heterocycles. The standard InChI is InChI=1S/C11H9Cl2N3O3/c1-19-11-10(16(17)18)6-15(14-11)5-7-2-3-8(12)9(13)4-7/h2-4,6H,5H2,1H3. The average molecular weight is 302 g/mol. The van der Waals surface area contributed by atoms with E-state index in [1.165, 1.54) is 18.0 Å². The fourth-order valence-corrected chi connectivity index (χ4v) is 1.89. The van der Waals surface area contributed by atoms with Crippen LogP contribution in [0.1, 0.15) is 5.56 Å². The predicted octanol–water partition coefficient (Wildman–Crippen LogP) is 3.16. The van der Waals surface area contributed by atoms with Crippen LogP contribution in [0, 0.1) is 10.1 Å². The Labute approximate surface area is 118 Å². The minimum absolute atomic E-state index is 0.0231. The SMILES string of the molecule is COc1nn(Cc2ccc(Cl)c(Cl)c2)cc1[N+](=O)[O-]. The van der Waals surface area contributed by atoms with Crippen molar-refractivity contribution in [3.05, 3.63) is 50.1 Å². The molecule has 0 unspecified atom stereocenters. The first-order valence-electron chi connectivity index (χ1n) is 5.21. The van der Waals surface area contributed by atoms with Crippen LogP contribution >= 0.6 is 23.2 Å². The van der Waals surface area contributed by atoms with E-state index in [0.29, 0.717) is 16.6 Å².